The van der Waals surface area contributed by atoms with Crippen LogP contribution >= 0.6 is 8.03 Å². The van der Waals surface area contributed by atoms with E-state index in [0.717, 1.165) is 6.08 Å². The Morgan fingerprint density at radius 3 is 2.14 bits per heavy atom. The molecule has 0 saturated heterocycles. The summed E-state index contributed by atoms with van der Waals surface area (Å²) in [5, 5.41) is 15.7. The summed E-state index contributed by atoms with van der Waals surface area (Å²) in [4.78, 5) is 19.1. The van der Waals surface area contributed by atoms with Crippen molar-refractivity contribution >= 4 is 20.0 Å². The van der Waals surface area contributed by atoms with Gasteiger partial charge in [-0.15, -0.1) is 4.52 Å². The lowest BCUT2D eigenvalue weighted by Crippen LogP contribution is -1.98. The molecule has 0 bridgehead atoms. The summed E-state index contributed by atoms with van der Waals surface area (Å²) < 4.78 is 14.6. The van der Waals surface area contributed by atoms with Crippen LogP contribution in [0.3, 0.4) is 0 Å². The molecule has 2 N–H and O–H groups in total. The van der Waals surface area contributed by atoms with Gasteiger partial charge < -0.3 is 10.2 Å². The Labute approximate surface area is 82.1 Å². The zero-order chi connectivity index (χ0) is 11.6. The molecule has 7 heteroatoms. The number of hydrogen-bond donors (Lipinski definition) is 2. The second-order valence-electron chi connectivity index (χ2n) is 1.96. The van der Waals surface area contributed by atoms with Gasteiger partial charge >= 0.3 is 20.0 Å². The van der Waals surface area contributed by atoms with E-state index in [-0.39, 0.29) is 13.0 Å². The van der Waals surface area contributed by atoms with E-state index in [4.69, 9.17) is 10.2 Å². The van der Waals surface area contributed by atoms with Gasteiger partial charge in [0.25, 0.3) is 0 Å². The van der Waals surface area contributed by atoms with Crippen molar-refractivity contribution in [1.82, 2.24) is 0 Å². The van der Waals surface area contributed by atoms with E-state index in [2.05, 4.69) is 11.1 Å². The molecule has 0 saturated carbocycles. The fourth-order valence-corrected chi connectivity index (χ4v) is 0.610. The summed E-state index contributed by atoms with van der Waals surface area (Å²) in [7, 11) is -1.64. The Kier molecular flexibility index (Phi) is 10.7. The SMILES string of the molecule is C=CC(=O)O.C[P+](=O)OCCC(=O)O. The zero-order valence-electron chi connectivity index (χ0n) is 7.67. The van der Waals surface area contributed by atoms with Crippen molar-refractivity contribution in [3.05, 3.63) is 12.7 Å². The Hall–Kier alpha value is -1.26. The lowest BCUT2D eigenvalue weighted by molar-refractivity contribution is -0.137. The highest BCUT2D eigenvalue weighted by Crippen LogP contribution is 2.14. The zero-order valence-corrected chi connectivity index (χ0v) is 8.57. The molecular formula is C7H12O6P+. The summed E-state index contributed by atoms with van der Waals surface area (Å²) in [6.45, 7) is 4.38. The third-order valence-electron chi connectivity index (χ3n) is 0.764. The van der Waals surface area contributed by atoms with Gasteiger partial charge in [-0.1, -0.05) is 6.58 Å². The molecule has 0 aliphatic carbocycles. The van der Waals surface area contributed by atoms with Crippen LogP contribution in [0.4, 0.5) is 0 Å². The lowest BCUT2D eigenvalue weighted by Gasteiger charge is -1.84. The minimum absolute atomic E-state index is 0.0288. The van der Waals surface area contributed by atoms with Crippen LogP contribution in [0.25, 0.3) is 0 Å². The van der Waals surface area contributed by atoms with Crippen molar-refractivity contribution in [3.8, 4) is 0 Å². The molecule has 1 atom stereocenters. The summed E-state index contributed by atoms with van der Waals surface area (Å²) >= 11 is 0. The average molecular weight is 223 g/mol. The predicted octanol–water partition coefficient (Wildman–Crippen LogP) is 1.11. The van der Waals surface area contributed by atoms with Gasteiger partial charge in [0.15, 0.2) is 6.66 Å². The van der Waals surface area contributed by atoms with Crippen LogP contribution in [0.15, 0.2) is 12.7 Å². The maximum absolute atomic E-state index is 10.2. The summed E-state index contributed by atoms with van der Waals surface area (Å²) in [6.07, 6.45) is 0.745. The lowest BCUT2D eigenvalue weighted by atomic mass is 10.5. The quantitative estimate of drug-likeness (QED) is 0.534. The maximum atomic E-state index is 10.2. The monoisotopic (exact) mass is 223 g/mol. The number of aliphatic carboxylic acids is 2. The molecule has 0 aromatic carbocycles. The minimum atomic E-state index is -1.64. The first-order valence-corrected chi connectivity index (χ1v) is 5.13. The Morgan fingerprint density at radius 1 is 1.50 bits per heavy atom. The van der Waals surface area contributed by atoms with E-state index < -0.39 is 20.0 Å². The summed E-state index contributed by atoms with van der Waals surface area (Å²) in [6, 6.07) is 0. The van der Waals surface area contributed by atoms with Crippen LogP contribution in [0, 0.1) is 0 Å². The fraction of sp³-hybridized carbons (Fsp3) is 0.429. The van der Waals surface area contributed by atoms with Gasteiger partial charge in [-0.25, -0.2) is 4.79 Å². The molecule has 80 valence electrons. The van der Waals surface area contributed by atoms with Crippen LogP contribution in [0.1, 0.15) is 6.42 Å². The van der Waals surface area contributed by atoms with Crippen LogP contribution < -0.4 is 0 Å². The van der Waals surface area contributed by atoms with Gasteiger partial charge in [0.2, 0.25) is 0 Å². The molecule has 0 heterocycles. The normalized spacial score (nSPS) is 9.36. The van der Waals surface area contributed by atoms with Crippen LogP contribution in [0.2, 0.25) is 0 Å². The number of carbonyl (C=O) groups is 2. The second-order valence-corrected chi connectivity index (χ2v) is 3.10. The Balaban J connectivity index is 0. The summed E-state index contributed by atoms with van der Waals surface area (Å²) in [5.74, 6) is -1.92. The largest absolute Gasteiger partial charge is 0.504 e. The molecule has 14 heavy (non-hydrogen) atoms. The standard InChI is InChI=1S/C4H7O4P.C3H4O2/c1-9(7)8-3-2-4(5)6;1-2-3(4)5/h2-3H2,1H3;2H,1H2,(H,4,5)/p+1. The van der Waals surface area contributed by atoms with E-state index >= 15 is 0 Å². The smallest absolute Gasteiger partial charge is 0.481 e. The number of rotatable bonds is 5. The van der Waals surface area contributed by atoms with Crippen molar-refractivity contribution in [3.63, 3.8) is 0 Å². The number of carboxylic acid groups (broad SMARTS) is 2. The van der Waals surface area contributed by atoms with Crippen molar-refractivity contribution in [2.75, 3.05) is 13.3 Å². The third-order valence-corrected chi connectivity index (χ3v) is 1.31. The van der Waals surface area contributed by atoms with E-state index in [1.54, 1.807) is 0 Å². The van der Waals surface area contributed by atoms with Gasteiger partial charge in [0.1, 0.15) is 6.61 Å². The van der Waals surface area contributed by atoms with Crippen molar-refractivity contribution < 1.29 is 28.9 Å². The topological polar surface area (TPSA) is 101 Å². The highest BCUT2D eigenvalue weighted by molar-refractivity contribution is 7.38. The molecule has 0 radical (unpaired) electrons. The van der Waals surface area contributed by atoms with Gasteiger partial charge in [0, 0.05) is 6.08 Å². The first-order chi connectivity index (χ1) is 6.40. The Morgan fingerprint density at radius 2 is 1.93 bits per heavy atom. The molecule has 0 rings (SSSR count). The maximum Gasteiger partial charge on any atom is 0.504 e. The number of hydrogen-bond acceptors (Lipinski definition) is 4. The van der Waals surface area contributed by atoms with Gasteiger partial charge in [0.05, 0.1) is 6.42 Å². The molecule has 0 aliphatic rings. The van der Waals surface area contributed by atoms with Gasteiger partial charge in [-0.2, -0.15) is 0 Å². The van der Waals surface area contributed by atoms with Crippen LogP contribution in [0.5, 0.6) is 0 Å². The Bertz CT molecular complexity index is 210. The van der Waals surface area contributed by atoms with Crippen molar-refractivity contribution in [2.45, 2.75) is 6.42 Å². The molecular weight excluding hydrogens is 211 g/mol. The van der Waals surface area contributed by atoms with E-state index in [9.17, 15) is 14.2 Å². The fourth-order valence-electron chi connectivity index (χ4n) is 0.262. The third kappa shape index (κ3) is 22.4. The molecule has 0 aromatic rings. The van der Waals surface area contributed by atoms with E-state index in [1.807, 2.05) is 0 Å². The predicted molar refractivity (Wildman–Crippen MR) is 49.6 cm³/mol. The van der Waals surface area contributed by atoms with Crippen LogP contribution in [-0.4, -0.2) is 35.4 Å². The molecule has 0 aromatic heterocycles. The first-order valence-electron chi connectivity index (χ1n) is 3.51. The van der Waals surface area contributed by atoms with Gasteiger partial charge in [-0.05, 0) is 4.57 Å². The molecule has 6 nitrogen and oxygen atoms in total. The van der Waals surface area contributed by atoms with E-state index in [0.29, 0.717) is 0 Å². The molecule has 0 spiro atoms. The summed E-state index contributed by atoms with van der Waals surface area (Å²) in [5.41, 5.74) is 0. The molecule has 0 aliphatic heterocycles. The number of carboxylic acids is 2. The van der Waals surface area contributed by atoms with E-state index in [1.165, 1.54) is 6.66 Å². The first kappa shape index (κ1) is 15.2. The highest BCUT2D eigenvalue weighted by Gasteiger charge is 2.07. The molecule has 0 amide bonds. The molecule has 0 fully saturated rings. The minimum Gasteiger partial charge on any atom is -0.481 e. The highest BCUT2D eigenvalue weighted by atomic mass is 31.1. The van der Waals surface area contributed by atoms with Crippen molar-refractivity contribution in [2.24, 2.45) is 0 Å². The average Bonchev–Trinajstić information content (AvgIpc) is 2.04. The van der Waals surface area contributed by atoms with Gasteiger partial charge in [-0.3, -0.25) is 4.79 Å². The second kappa shape index (κ2) is 9.83. The van der Waals surface area contributed by atoms with Crippen molar-refractivity contribution in [1.29, 1.82) is 0 Å². The molecule has 1 unspecified atom stereocenters. The van der Waals surface area contributed by atoms with Crippen LogP contribution in [-0.2, 0) is 18.7 Å².